The lowest BCUT2D eigenvalue weighted by molar-refractivity contribution is -0.134. The summed E-state index contributed by atoms with van der Waals surface area (Å²) in [6.45, 7) is 9.56. The number of carboxylic acid groups (broad SMARTS) is 6. The summed E-state index contributed by atoms with van der Waals surface area (Å²) in [7, 11) is 3.98. The van der Waals surface area contributed by atoms with Crippen LogP contribution in [-0.4, -0.2) is 162 Å². The molecule has 122 heavy (non-hydrogen) atoms. The van der Waals surface area contributed by atoms with Gasteiger partial charge in [-0.3, -0.25) is 19.4 Å². The van der Waals surface area contributed by atoms with Crippen LogP contribution in [0.1, 0.15) is 105 Å². The highest BCUT2D eigenvalue weighted by Crippen LogP contribution is 2.46. The van der Waals surface area contributed by atoms with E-state index < -0.39 is 35.8 Å². The van der Waals surface area contributed by atoms with E-state index in [4.69, 9.17) is 50.6 Å². The second-order valence-corrected chi connectivity index (χ2v) is 31.3. The number of aliphatic carboxylic acids is 6. The number of nitrogens with zero attached hydrogens (tertiary/aromatic N) is 12. The Bertz CT molecular complexity index is 6010. The van der Waals surface area contributed by atoms with Crippen LogP contribution in [0.25, 0.3) is 55.7 Å². The zero-order valence-corrected chi connectivity index (χ0v) is 68.2. The summed E-state index contributed by atoms with van der Waals surface area (Å²) < 4.78 is 12.7. The number of hydrogen-bond donors (Lipinski definition) is 6. The van der Waals surface area contributed by atoms with Gasteiger partial charge in [0.2, 0.25) is 11.6 Å². The number of likely N-dealkylation sites (tertiary alicyclic amines) is 2. The Balaban J connectivity index is 0.000000157. The van der Waals surface area contributed by atoms with Crippen LogP contribution >= 0.6 is 0 Å². The zero-order valence-electron chi connectivity index (χ0n) is 68.2. The van der Waals surface area contributed by atoms with Gasteiger partial charge in [0.1, 0.15) is 11.6 Å². The Labute approximate surface area is 702 Å². The Morgan fingerprint density at radius 1 is 0.377 bits per heavy atom. The molecule has 2 fully saturated rings. The molecule has 0 bridgehead atoms. The van der Waals surface area contributed by atoms with Crippen molar-refractivity contribution in [2.45, 2.75) is 115 Å². The molecular weight excluding hydrogens is 1550 g/mol. The van der Waals surface area contributed by atoms with Crippen molar-refractivity contribution in [3.63, 3.8) is 0 Å². The number of fused-ring (bicyclic) bond motifs is 14. The molecule has 0 saturated carbocycles. The van der Waals surface area contributed by atoms with Gasteiger partial charge < -0.3 is 48.9 Å². The van der Waals surface area contributed by atoms with Gasteiger partial charge in [0.15, 0.2) is 0 Å². The molecule has 6 aromatic heterocycles. The first-order valence-electron chi connectivity index (χ1n) is 40.9. The fraction of sp³-hybridized carbons (Fsp3) is 0.271. The van der Waals surface area contributed by atoms with E-state index in [0.717, 1.165) is 146 Å². The van der Waals surface area contributed by atoms with Crippen molar-refractivity contribution >= 4 is 91.5 Å². The Hall–Kier alpha value is -14.0. The maximum absolute atomic E-state index is 14.1. The number of aromatic nitrogens is 10. The lowest BCUT2D eigenvalue weighted by Gasteiger charge is -2.42. The van der Waals surface area contributed by atoms with E-state index in [9.17, 15) is 38.4 Å². The fourth-order valence-electron chi connectivity index (χ4n) is 18.4. The van der Waals surface area contributed by atoms with Crippen LogP contribution in [-0.2, 0) is 94.5 Å². The molecule has 6 N–H and O–H groups in total. The quantitative estimate of drug-likeness (QED) is 0.0435. The minimum atomic E-state index is -1.26. The third-order valence-electron chi connectivity index (χ3n) is 23.9. The maximum Gasteiger partial charge on any atom is 0.328 e. The lowest BCUT2D eigenvalue weighted by Crippen LogP contribution is -2.46. The molecule has 14 aromatic rings. The summed E-state index contributed by atoms with van der Waals surface area (Å²) in [6.07, 6.45) is 13.1. The van der Waals surface area contributed by atoms with Crippen molar-refractivity contribution in [3.05, 3.63) is 331 Å². The van der Waals surface area contributed by atoms with Gasteiger partial charge >= 0.3 is 35.8 Å². The van der Waals surface area contributed by atoms with E-state index in [1.165, 1.54) is 56.1 Å². The van der Waals surface area contributed by atoms with Crippen LogP contribution in [0.3, 0.4) is 0 Å². The molecule has 624 valence electrons. The first kappa shape index (κ1) is 84.5. The molecule has 6 atom stereocenters. The van der Waals surface area contributed by atoms with Gasteiger partial charge in [-0.25, -0.2) is 57.5 Å². The third-order valence-corrected chi connectivity index (χ3v) is 23.9. The summed E-state index contributed by atoms with van der Waals surface area (Å²) in [5.74, 6) is -2.29. The van der Waals surface area contributed by atoms with Crippen molar-refractivity contribution < 1.29 is 59.4 Å². The summed E-state index contributed by atoms with van der Waals surface area (Å²) in [5.41, 5.74) is 20.5. The second-order valence-electron chi connectivity index (χ2n) is 31.3. The Morgan fingerprint density at radius 2 is 0.689 bits per heavy atom. The van der Waals surface area contributed by atoms with Crippen LogP contribution in [0.15, 0.2) is 252 Å². The first-order chi connectivity index (χ1) is 59.0. The SMILES string of the molecule is Cc1nc2n(C)c3ccccc3n2c(=O)c1CCN1CCC(C2c3ccccc3CCn3c2nc2ccccc23)CC1Cc1ccccc1.Cc1nc2n(C)c3ccccc3n2c(=O)c1CCN1CCC(C2c3ccccc3CCn3c2nc2ccccc23)CC1Cc1ccccc1.O=C(O)/C=C/C(=O)O.O=C(O)/C=C/C(=O)O.O=C(O)/C=C/C(=O)O. The molecule has 26 heteroatoms. The number of rotatable bonds is 18. The molecule has 0 aliphatic carbocycles. The number of imidazole rings is 4. The Kier molecular flexibility index (Phi) is 26.3. The molecule has 0 spiro atoms. The van der Waals surface area contributed by atoms with Gasteiger partial charge in [-0.15, -0.1) is 0 Å². The highest BCUT2D eigenvalue weighted by Gasteiger charge is 2.41. The number of para-hydroxylation sites is 8. The minimum absolute atomic E-state index is 0.0581. The molecular formula is C96H96N12O14. The number of hydrogen-bond acceptors (Lipinski definition) is 14. The number of benzene rings is 8. The second kappa shape index (κ2) is 38.0. The smallest absolute Gasteiger partial charge is 0.328 e. The monoisotopic (exact) mass is 1640 g/mol. The van der Waals surface area contributed by atoms with Crippen molar-refractivity contribution in [2.24, 2.45) is 25.9 Å². The van der Waals surface area contributed by atoms with E-state index in [-0.39, 0.29) is 23.0 Å². The summed E-state index contributed by atoms with van der Waals surface area (Å²) in [4.78, 5) is 111. The van der Waals surface area contributed by atoms with Crippen LogP contribution in [0.5, 0.6) is 0 Å². The molecule has 2 saturated heterocycles. The largest absolute Gasteiger partial charge is 0.478 e. The van der Waals surface area contributed by atoms with Crippen LogP contribution in [0.2, 0.25) is 0 Å². The molecule has 4 aliphatic heterocycles. The summed E-state index contributed by atoms with van der Waals surface area (Å²) in [5, 5.41) is 46.9. The average molecular weight is 1640 g/mol. The number of carboxylic acids is 6. The van der Waals surface area contributed by atoms with Crippen LogP contribution in [0, 0.1) is 25.7 Å². The van der Waals surface area contributed by atoms with Gasteiger partial charge in [0.05, 0.1) is 55.5 Å². The number of carbonyl (C=O) groups is 6. The molecule has 6 unspecified atom stereocenters. The summed E-state index contributed by atoms with van der Waals surface area (Å²) >= 11 is 0. The third kappa shape index (κ3) is 18.9. The summed E-state index contributed by atoms with van der Waals surface area (Å²) in [6, 6.07) is 74.2. The number of piperidine rings is 2. The number of aryl methyl sites for hydroxylation is 8. The maximum atomic E-state index is 14.1. The zero-order chi connectivity index (χ0) is 85.8. The van der Waals surface area contributed by atoms with Gasteiger partial charge in [-0.05, 0) is 185 Å². The van der Waals surface area contributed by atoms with Crippen molar-refractivity contribution in [3.8, 4) is 0 Å². The normalized spacial score (nSPS) is 17.7. The van der Waals surface area contributed by atoms with E-state index in [1.807, 2.05) is 73.5 Å². The Morgan fingerprint density at radius 3 is 1.04 bits per heavy atom. The topological polar surface area (TPSA) is 345 Å². The van der Waals surface area contributed by atoms with Crippen LogP contribution < -0.4 is 11.1 Å². The van der Waals surface area contributed by atoms with Gasteiger partial charge in [-0.2, -0.15) is 0 Å². The van der Waals surface area contributed by atoms with Crippen LogP contribution in [0.4, 0.5) is 0 Å². The van der Waals surface area contributed by atoms with E-state index in [2.05, 4.69) is 189 Å². The molecule has 8 aromatic carbocycles. The molecule has 4 aliphatic rings. The highest BCUT2D eigenvalue weighted by atomic mass is 16.4. The lowest BCUT2D eigenvalue weighted by atomic mass is 9.75. The molecule has 26 nitrogen and oxygen atoms in total. The highest BCUT2D eigenvalue weighted by molar-refractivity contribution is 5.91. The van der Waals surface area contributed by atoms with Gasteiger partial charge in [-0.1, -0.05) is 158 Å². The molecule has 0 radical (unpaired) electrons. The predicted octanol–water partition coefficient (Wildman–Crippen LogP) is 13.3. The van der Waals surface area contributed by atoms with Crippen molar-refractivity contribution in [1.29, 1.82) is 0 Å². The average Bonchev–Trinajstić information content (AvgIpc) is 1.60. The molecule has 0 amide bonds. The van der Waals surface area contributed by atoms with E-state index in [0.29, 0.717) is 84.8 Å². The molecule has 10 heterocycles. The predicted molar refractivity (Wildman–Crippen MR) is 466 cm³/mol. The standard InChI is InChI=1S/2C42H42N6O.3C4H4O4/c2*1-28-33(41(49)48-38-19-11-10-18-37(38)45(2)42(48)43-28)22-24-46-23-20-31(27-32(46)26-29-12-4-3-5-13-29)39-34-15-7-6-14-30(34)21-25-47-36-17-9-8-16-35(36)44-40(39)47;3*5-3(6)1-2-4(7)8/h2*3-19,31-32,39H,20-27H2,1-2H3;3*1-2H,(H,5,6)(H,7,8)/b;;3*2-1+. The fourth-order valence-corrected chi connectivity index (χ4v) is 18.4. The molecule has 18 rings (SSSR count). The van der Waals surface area contributed by atoms with Crippen molar-refractivity contribution in [1.82, 2.24) is 56.8 Å². The van der Waals surface area contributed by atoms with E-state index in [1.54, 1.807) is 8.80 Å². The first-order valence-corrected chi connectivity index (χ1v) is 40.9. The van der Waals surface area contributed by atoms with E-state index >= 15 is 0 Å². The minimum Gasteiger partial charge on any atom is -0.478 e. The van der Waals surface area contributed by atoms with Crippen molar-refractivity contribution in [2.75, 3.05) is 26.2 Å². The van der Waals surface area contributed by atoms with Gasteiger partial charge in [0, 0.05) is 112 Å². The van der Waals surface area contributed by atoms with Gasteiger partial charge in [0.25, 0.3) is 11.1 Å².